The first-order chi connectivity index (χ1) is 12.3. The van der Waals surface area contributed by atoms with E-state index in [-0.39, 0.29) is 11.4 Å². The van der Waals surface area contributed by atoms with Gasteiger partial charge in [0.25, 0.3) is 0 Å². The Labute approximate surface area is 155 Å². The third-order valence-corrected chi connectivity index (χ3v) is 6.73. The number of hydrogen-bond acceptors (Lipinski definition) is 2. The van der Waals surface area contributed by atoms with Crippen LogP contribution in [0.4, 0.5) is 10.1 Å². The van der Waals surface area contributed by atoms with Gasteiger partial charge in [-0.15, -0.1) is 0 Å². The van der Waals surface area contributed by atoms with E-state index in [0.717, 1.165) is 22.4 Å². The van der Waals surface area contributed by atoms with Gasteiger partial charge in [-0.05, 0) is 80.3 Å². The molecule has 26 heavy (non-hydrogen) atoms. The SMILES string of the molecule is Cc1cc(C2(C)c3ccc(C4CCC4)cc3N=CN2C)c(C)c(C)c1F. The molecule has 3 heteroatoms. The zero-order chi connectivity index (χ0) is 18.6. The molecule has 1 saturated carbocycles. The van der Waals surface area contributed by atoms with Crippen molar-refractivity contribution in [1.82, 2.24) is 4.90 Å². The predicted molar refractivity (Wildman–Crippen MR) is 106 cm³/mol. The van der Waals surface area contributed by atoms with Gasteiger partial charge in [0, 0.05) is 12.6 Å². The number of fused-ring (bicyclic) bond motifs is 1. The Morgan fingerprint density at radius 2 is 1.81 bits per heavy atom. The van der Waals surface area contributed by atoms with Crippen molar-refractivity contribution in [2.24, 2.45) is 4.99 Å². The van der Waals surface area contributed by atoms with Crippen molar-refractivity contribution in [2.45, 2.75) is 58.4 Å². The second-order valence-electron chi connectivity index (χ2n) is 8.14. The molecule has 2 aromatic rings. The van der Waals surface area contributed by atoms with E-state index in [9.17, 15) is 4.39 Å². The van der Waals surface area contributed by atoms with Crippen LogP contribution < -0.4 is 0 Å². The van der Waals surface area contributed by atoms with E-state index < -0.39 is 0 Å². The maximum atomic E-state index is 14.4. The van der Waals surface area contributed by atoms with Gasteiger partial charge in [0.05, 0.1) is 17.6 Å². The molecule has 0 spiro atoms. The fourth-order valence-corrected chi connectivity index (χ4v) is 4.41. The van der Waals surface area contributed by atoms with Crippen LogP contribution in [0.15, 0.2) is 29.3 Å². The van der Waals surface area contributed by atoms with Crippen LogP contribution in [0.3, 0.4) is 0 Å². The number of benzene rings is 2. The van der Waals surface area contributed by atoms with E-state index in [4.69, 9.17) is 4.99 Å². The maximum absolute atomic E-state index is 14.4. The summed E-state index contributed by atoms with van der Waals surface area (Å²) in [6, 6.07) is 8.79. The first-order valence-electron chi connectivity index (χ1n) is 9.52. The molecule has 1 aliphatic carbocycles. The third-order valence-electron chi connectivity index (χ3n) is 6.73. The molecule has 136 valence electrons. The molecule has 1 aliphatic heterocycles. The topological polar surface area (TPSA) is 15.6 Å². The van der Waals surface area contributed by atoms with Crippen LogP contribution in [-0.4, -0.2) is 18.3 Å². The Morgan fingerprint density at radius 3 is 2.46 bits per heavy atom. The molecule has 2 aliphatic rings. The van der Waals surface area contributed by atoms with Crippen molar-refractivity contribution in [3.63, 3.8) is 0 Å². The minimum atomic E-state index is -0.359. The number of aryl methyl sites for hydroxylation is 1. The van der Waals surface area contributed by atoms with E-state index in [1.165, 1.54) is 30.4 Å². The quantitative estimate of drug-likeness (QED) is 0.659. The molecule has 1 fully saturated rings. The molecule has 4 rings (SSSR count). The minimum Gasteiger partial charge on any atom is -0.352 e. The number of aliphatic imine (C=N–C) groups is 1. The molecule has 0 amide bonds. The van der Waals surface area contributed by atoms with Crippen molar-refractivity contribution in [2.75, 3.05) is 7.05 Å². The van der Waals surface area contributed by atoms with Gasteiger partial charge in [0.15, 0.2) is 0 Å². The predicted octanol–water partition coefficient (Wildman–Crippen LogP) is 5.89. The lowest BCUT2D eigenvalue weighted by atomic mass is 9.75. The Kier molecular flexibility index (Phi) is 3.94. The molecule has 2 aromatic carbocycles. The summed E-state index contributed by atoms with van der Waals surface area (Å²) in [5.41, 5.74) is 6.91. The highest BCUT2D eigenvalue weighted by atomic mass is 19.1. The average Bonchev–Trinajstić information content (AvgIpc) is 2.58. The van der Waals surface area contributed by atoms with E-state index >= 15 is 0 Å². The fourth-order valence-electron chi connectivity index (χ4n) is 4.41. The molecule has 1 atom stereocenters. The Hall–Kier alpha value is -2.16. The molecular weight excluding hydrogens is 323 g/mol. The number of hydrogen-bond donors (Lipinski definition) is 0. The van der Waals surface area contributed by atoms with Crippen molar-refractivity contribution in [3.05, 3.63) is 63.5 Å². The van der Waals surface area contributed by atoms with Crippen molar-refractivity contribution in [3.8, 4) is 0 Å². The van der Waals surface area contributed by atoms with E-state index in [1.807, 2.05) is 33.2 Å². The molecule has 0 saturated heterocycles. The normalized spacial score (nSPS) is 22.3. The van der Waals surface area contributed by atoms with Crippen molar-refractivity contribution in [1.29, 1.82) is 0 Å². The lowest BCUT2D eigenvalue weighted by Crippen LogP contribution is -2.44. The number of rotatable bonds is 2. The van der Waals surface area contributed by atoms with Crippen LogP contribution in [0.2, 0.25) is 0 Å². The monoisotopic (exact) mass is 350 g/mol. The second kappa shape index (κ2) is 5.94. The van der Waals surface area contributed by atoms with Crippen molar-refractivity contribution >= 4 is 12.0 Å². The van der Waals surface area contributed by atoms with Crippen LogP contribution >= 0.6 is 0 Å². The van der Waals surface area contributed by atoms with Crippen LogP contribution in [0.25, 0.3) is 0 Å². The summed E-state index contributed by atoms with van der Waals surface area (Å²) < 4.78 is 14.4. The Bertz CT molecular complexity index is 911. The van der Waals surface area contributed by atoms with Gasteiger partial charge < -0.3 is 4.90 Å². The first kappa shape index (κ1) is 17.3. The summed E-state index contributed by atoms with van der Waals surface area (Å²) in [5, 5.41) is 0. The highest BCUT2D eigenvalue weighted by molar-refractivity contribution is 5.73. The van der Waals surface area contributed by atoms with Gasteiger partial charge in [0.2, 0.25) is 0 Å². The zero-order valence-electron chi connectivity index (χ0n) is 16.4. The van der Waals surface area contributed by atoms with Gasteiger partial charge in [-0.25, -0.2) is 9.38 Å². The molecule has 0 bridgehead atoms. The summed E-state index contributed by atoms with van der Waals surface area (Å²) >= 11 is 0. The number of halogens is 1. The summed E-state index contributed by atoms with van der Waals surface area (Å²) in [5.74, 6) is 0.598. The van der Waals surface area contributed by atoms with Crippen LogP contribution in [0.1, 0.15) is 65.5 Å². The van der Waals surface area contributed by atoms with Gasteiger partial charge in [-0.3, -0.25) is 0 Å². The lowest BCUT2D eigenvalue weighted by molar-refractivity contribution is 0.290. The Balaban J connectivity index is 1.90. The molecule has 2 nitrogen and oxygen atoms in total. The minimum absolute atomic E-state index is 0.0949. The first-order valence-corrected chi connectivity index (χ1v) is 9.52. The van der Waals surface area contributed by atoms with Gasteiger partial charge in [-0.2, -0.15) is 0 Å². The third kappa shape index (κ3) is 2.33. The van der Waals surface area contributed by atoms with Gasteiger partial charge in [0.1, 0.15) is 5.82 Å². The van der Waals surface area contributed by atoms with Gasteiger partial charge in [-0.1, -0.05) is 24.6 Å². The second-order valence-corrected chi connectivity index (χ2v) is 8.14. The zero-order valence-corrected chi connectivity index (χ0v) is 16.4. The number of nitrogens with zero attached hydrogens (tertiary/aromatic N) is 2. The summed E-state index contributed by atoms with van der Waals surface area (Å²) in [7, 11) is 2.06. The standard InChI is InChI=1S/C23H27FN2/c1-14-11-20(15(2)16(3)22(14)24)23(4)19-10-9-18(17-7-6-8-17)12-21(19)25-13-26(23)5/h9-13,17H,6-8H2,1-5H3. The highest BCUT2D eigenvalue weighted by Gasteiger charge is 2.39. The summed E-state index contributed by atoms with van der Waals surface area (Å²) in [4.78, 5) is 6.87. The molecule has 0 N–H and O–H groups in total. The van der Waals surface area contributed by atoms with Crippen LogP contribution in [0, 0.1) is 26.6 Å². The highest BCUT2D eigenvalue weighted by Crippen LogP contribution is 2.46. The van der Waals surface area contributed by atoms with E-state index in [2.05, 4.69) is 37.1 Å². The summed E-state index contributed by atoms with van der Waals surface area (Å²) in [6.45, 7) is 7.98. The van der Waals surface area contributed by atoms with Crippen LogP contribution in [-0.2, 0) is 5.54 Å². The molecule has 1 unspecified atom stereocenters. The van der Waals surface area contributed by atoms with Crippen LogP contribution in [0.5, 0.6) is 0 Å². The smallest absolute Gasteiger partial charge is 0.129 e. The largest absolute Gasteiger partial charge is 0.352 e. The molecule has 0 radical (unpaired) electrons. The van der Waals surface area contributed by atoms with E-state index in [0.29, 0.717) is 11.5 Å². The summed E-state index contributed by atoms with van der Waals surface area (Å²) in [6.07, 6.45) is 5.82. The lowest BCUT2D eigenvalue weighted by Gasteiger charge is -2.43. The van der Waals surface area contributed by atoms with Gasteiger partial charge >= 0.3 is 0 Å². The Morgan fingerprint density at radius 1 is 1.08 bits per heavy atom. The van der Waals surface area contributed by atoms with Crippen molar-refractivity contribution < 1.29 is 4.39 Å². The van der Waals surface area contributed by atoms with E-state index in [1.54, 1.807) is 0 Å². The maximum Gasteiger partial charge on any atom is 0.129 e. The molecule has 1 heterocycles. The fraction of sp³-hybridized carbons (Fsp3) is 0.435. The molecule has 0 aromatic heterocycles. The molecular formula is C23H27FN2. The average molecular weight is 350 g/mol.